The Labute approximate surface area is 68.1 Å². The number of esters is 1. The van der Waals surface area contributed by atoms with Crippen molar-refractivity contribution < 1.29 is 29.0 Å². The van der Waals surface area contributed by atoms with E-state index in [0.29, 0.717) is 0 Å². The van der Waals surface area contributed by atoms with Gasteiger partial charge in [0.15, 0.2) is 6.79 Å². The Morgan fingerprint density at radius 3 is 2.33 bits per heavy atom. The standard InChI is InChI=1S/C6H8O6/c1-4(7)6(10)12-3-11-2-5(8)9/h2-3H2,1H3,(H,8,9). The van der Waals surface area contributed by atoms with Gasteiger partial charge in [0.1, 0.15) is 6.61 Å². The van der Waals surface area contributed by atoms with Crippen LogP contribution in [0.4, 0.5) is 0 Å². The molecule has 0 amide bonds. The van der Waals surface area contributed by atoms with E-state index in [1.165, 1.54) is 0 Å². The van der Waals surface area contributed by atoms with Gasteiger partial charge in [-0.2, -0.15) is 0 Å². The first-order chi connectivity index (χ1) is 5.54. The van der Waals surface area contributed by atoms with Gasteiger partial charge in [-0.1, -0.05) is 0 Å². The van der Waals surface area contributed by atoms with Crippen LogP contribution in [0, 0.1) is 0 Å². The molecule has 0 aromatic heterocycles. The molecule has 0 aromatic rings. The summed E-state index contributed by atoms with van der Waals surface area (Å²) in [4.78, 5) is 30.5. The molecule has 0 saturated carbocycles. The number of aliphatic carboxylic acids is 1. The molecule has 0 heterocycles. The van der Waals surface area contributed by atoms with E-state index in [4.69, 9.17) is 5.11 Å². The molecule has 0 aliphatic rings. The van der Waals surface area contributed by atoms with Crippen molar-refractivity contribution in [3.63, 3.8) is 0 Å². The zero-order valence-corrected chi connectivity index (χ0v) is 6.40. The number of hydrogen-bond donors (Lipinski definition) is 1. The highest BCUT2D eigenvalue weighted by atomic mass is 16.7. The monoisotopic (exact) mass is 176 g/mol. The smallest absolute Gasteiger partial charge is 0.376 e. The summed E-state index contributed by atoms with van der Waals surface area (Å²) >= 11 is 0. The summed E-state index contributed by atoms with van der Waals surface area (Å²) < 4.78 is 8.50. The minimum Gasteiger partial charge on any atom is -0.480 e. The fourth-order valence-corrected chi connectivity index (χ4v) is 0.326. The van der Waals surface area contributed by atoms with Gasteiger partial charge in [-0.05, 0) is 0 Å². The fourth-order valence-electron chi connectivity index (χ4n) is 0.326. The van der Waals surface area contributed by atoms with Crippen LogP contribution in [0.3, 0.4) is 0 Å². The topological polar surface area (TPSA) is 89.9 Å². The van der Waals surface area contributed by atoms with E-state index in [9.17, 15) is 14.4 Å². The van der Waals surface area contributed by atoms with E-state index in [2.05, 4.69) is 9.47 Å². The molecule has 0 saturated heterocycles. The third kappa shape index (κ3) is 5.36. The second-order valence-electron chi connectivity index (χ2n) is 1.85. The average molecular weight is 176 g/mol. The SMILES string of the molecule is CC(=O)C(=O)OCOCC(=O)O. The number of rotatable bonds is 5. The van der Waals surface area contributed by atoms with Crippen molar-refractivity contribution in [2.45, 2.75) is 6.92 Å². The van der Waals surface area contributed by atoms with Crippen LogP contribution in [-0.2, 0) is 23.9 Å². The first-order valence-electron chi connectivity index (χ1n) is 3.01. The minimum atomic E-state index is -1.17. The summed E-state index contributed by atoms with van der Waals surface area (Å²) in [7, 11) is 0. The van der Waals surface area contributed by atoms with Crippen LogP contribution in [0.1, 0.15) is 6.92 Å². The molecule has 0 unspecified atom stereocenters. The summed E-state index contributed by atoms with van der Waals surface area (Å²) in [6.07, 6.45) is 0. The quantitative estimate of drug-likeness (QED) is 0.254. The summed E-state index contributed by atoms with van der Waals surface area (Å²) in [5.41, 5.74) is 0. The Bertz CT molecular complexity index is 196. The van der Waals surface area contributed by atoms with Gasteiger partial charge in [0, 0.05) is 6.92 Å². The molecule has 1 N–H and O–H groups in total. The van der Waals surface area contributed by atoms with Gasteiger partial charge in [-0.15, -0.1) is 0 Å². The Morgan fingerprint density at radius 1 is 1.33 bits per heavy atom. The van der Waals surface area contributed by atoms with Crippen LogP contribution < -0.4 is 0 Å². The highest BCUT2D eigenvalue weighted by Gasteiger charge is 2.08. The van der Waals surface area contributed by atoms with E-state index in [1.807, 2.05) is 0 Å². The molecule has 0 aromatic carbocycles. The number of carbonyl (C=O) groups is 3. The molecule has 0 aliphatic heterocycles. The number of Topliss-reactive ketones (excluding diaryl/α,β-unsaturated/α-hetero) is 1. The summed E-state index contributed by atoms with van der Waals surface area (Å²) in [6, 6.07) is 0. The number of ether oxygens (including phenoxy) is 2. The lowest BCUT2D eigenvalue weighted by Crippen LogP contribution is -2.17. The van der Waals surface area contributed by atoms with E-state index in [1.54, 1.807) is 0 Å². The largest absolute Gasteiger partial charge is 0.480 e. The molecule has 0 atom stereocenters. The van der Waals surface area contributed by atoms with Crippen LogP contribution >= 0.6 is 0 Å². The first-order valence-corrected chi connectivity index (χ1v) is 3.01. The minimum absolute atomic E-state index is 0.523. The normalized spacial score (nSPS) is 9.08. The van der Waals surface area contributed by atoms with Crippen molar-refractivity contribution >= 4 is 17.7 Å². The number of carboxylic acid groups (broad SMARTS) is 1. The van der Waals surface area contributed by atoms with Crippen LogP contribution in [0.25, 0.3) is 0 Å². The summed E-state index contributed by atoms with van der Waals surface area (Å²) in [5.74, 6) is -2.97. The molecule has 6 heteroatoms. The third-order valence-electron chi connectivity index (χ3n) is 0.786. The molecule has 0 aliphatic carbocycles. The maximum atomic E-state index is 10.4. The van der Waals surface area contributed by atoms with Gasteiger partial charge < -0.3 is 14.6 Å². The molecule has 0 rings (SSSR count). The van der Waals surface area contributed by atoms with Gasteiger partial charge in [-0.3, -0.25) is 4.79 Å². The second kappa shape index (κ2) is 5.25. The van der Waals surface area contributed by atoms with E-state index in [-0.39, 0.29) is 0 Å². The maximum Gasteiger partial charge on any atom is 0.376 e. The van der Waals surface area contributed by atoms with Crippen molar-refractivity contribution in [1.82, 2.24) is 0 Å². The second-order valence-corrected chi connectivity index (χ2v) is 1.85. The molecule has 12 heavy (non-hydrogen) atoms. The van der Waals surface area contributed by atoms with Gasteiger partial charge in [0.05, 0.1) is 0 Å². The first kappa shape index (κ1) is 10.6. The number of hydrogen-bond acceptors (Lipinski definition) is 5. The summed E-state index contributed by atoms with van der Waals surface area (Å²) in [5, 5.41) is 8.06. The van der Waals surface area contributed by atoms with Crippen molar-refractivity contribution in [3.8, 4) is 0 Å². The number of carbonyl (C=O) groups excluding carboxylic acids is 2. The molecule has 0 fully saturated rings. The lowest BCUT2D eigenvalue weighted by Gasteiger charge is -2.00. The van der Waals surface area contributed by atoms with Gasteiger partial charge >= 0.3 is 11.9 Å². The van der Waals surface area contributed by atoms with Gasteiger partial charge in [0.25, 0.3) is 0 Å². The van der Waals surface area contributed by atoms with Crippen LogP contribution in [-0.4, -0.2) is 36.2 Å². The van der Waals surface area contributed by atoms with Crippen molar-refractivity contribution in [2.75, 3.05) is 13.4 Å². The molecule has 0 bridgehead atoms. The fraction of sp³-hybridized carbons (Fsp3) is 0.500. The van der Waals surface area contributed by atoms with E-state index >= 15 is 0 Å². The zero-order valence-electron chi connectivity index (χ0n) is 6.40. The Balaban J connectivity index is 3.38. The molecule has 0 radical (unpaired) electrons. The van der Waals surface area contributed by atoms with Gasteiger partial charge in [0.2, 0.25) is 5.78 Å². The molecule has 0 spiro atoms. The molecule has 68 valence electrons. The predicted molar refractivity (Wildman–Crippen MR) is 35.2 cm³/mol. The maximum absolute atomic E-state index is 10.4. The van der Waals surface area contributed by atoms with Gasteiger partial charge in [-0.25, -0.2) is 9.59 Å². The van der Waals surface area contributed by atoms with Crippen molar-refractivity contribution in [2.24, 2.45) is 0 Å². The molecule has 6 nitrogen and oxygen atoms in total. The Morgan fingerprint density at radius 2 is 1.92 bits per heavy atom. The van der Waals surface area contributed by atoms with E-state index < -0.39 is 31.1 Å². The third-order valence-corrected chi connectivity index (χ3v) is 0.786. The van der Waals surface area contributed by atoms with Crippen molar-refractivity contribution in [3.05, 3.63) is 0 Å². The van der Waals surface area contributed by atoms with Crippen molar-refractivity contribution in [1.29, 1.82) is 0 Å². The summed E-state index contributed by atoms with van der Waals surface area (Å²) in [6.45, 7) is -0.0462. The van der Waals surface area contributed by atoms with Crippen LogP contribution in [0.2, 0.25) is 0 Å². The lowest BCUT2D eigenvalue weighted by atomic mass is 10.5. The Kier molecular flexibility index (Phi) is 4.62. The average Bonchev–Trinajstić information content (AvgIpc) is 1.97. The molecular weight excluding hydrogens is 168 g/mol. The van der Waals surface area contributed by atoms with Crippen LogP contribution in [0.15, 0.2) is 0 Å². The number of ketones is 1. The lowest BCUT2D eigenvalue weighted by molar-refractivity contribution is -0.166. The predicted octanol–water partition coefficient (Wildman–Crippen LogP) is -0.823. The number of carboxylic acids is 1. The Hall–Kier alpha value is -1.43. The van der Waals surface area contributed by atoms with Crippen LogP contribution in [0.5, 0.6) is 0 Å². The zero-order chi connectivity index (χ0) is 9.56. The highest BCUT2D eigenvalue weighted by Crippen LogP contribution is 1.82. The van der Waals surface area contributed by atoms with E-state index in [0.717, 1.165) is 6.92 Å². The molecular formula is C6H8O6. The highest BCUT2D eigenvalue weighted by molar-refractivity contribution is 6.32.